The van der Waals surface area contributed by atoms with Gasteiger partial charge in [0.1, 0.15) is 5.03 Å². The first-order chi connectivity index (χ1) is 9.83. The van der Waals surface area contributed by atoms with E-state index in [2.05, 4.69) is 47.1 Å². The minimum atomic E-state index is 0.929. The van der Waals surface area contributed by atoms with Crippen LogP contribution in [0.4, 0.5) is 0 Å². The Bertz CT molecular complexity index is 495. The molecule has 1 heterocycles. The van der Waals surface area contributed by atoms with Crippen LogP contribution in [-0.4, -0.2) is 40.5 Å². The molecule has 0 N–H and O–H groups in total. The number of thioether (sulfide) groups is 1. The third-order valence-electron chi connectivity index (χ3n) is 3.26. The summed E-state index contributed by atoms with van der Waals surface area (Å²) in [4.78, 5) is 2.42. The monoisotopic (exact) mass is 287 g/mol. The zero-order chi connectivity index (χ0) is 14.2. The van der Waals surface area contributed by atoms with Crippen molar-refractivity contribution in [3.8, 4) is 11.3 Å². The first-order valence-corrected chi connectivity index (χ1v) is 8.06. The van der Waals surface area contributed by atoms with Crippen molar-refractivity contribution in [1.82, 2.24) is 15.1 Å². The lowest BCUT2D eigenvalue weighted by molar-refractivity contribution is 0.324. The lowest BCUT2D eigenvalue weighted by Gasteiger charge is -2.16. The molecule has 0 amide bonds. The second-order valence-electron chi connectivity index (χ2n) is 4.50. The maximum Gasteiger partial charge on any atom is 0.119 e. The van der Waals surface area contributed by atoms with Gasteiger partial charge in [0, 0.05) is 17.9 Å². The number of hydrogen-bond acceptors (Lipinski definition) is 4. The fraction of sp³-hybridized carbons (Fsp3) is 0.375. The number of aromatic nitrogens is 2. The van der Waals surface area contributed by atoms with E-state index in [0.717, 1.165) is 41.7 Å². The molecule has 0 spiro atoms. The van der Waals surface area contributed by atoms with Crippen molar-refractivity contribution in [2.75, 3.05) is 25.4 Å². The third-order valence-corrected chi connectivity index (χ3v) is 4.16. The Hall–Kier alpha value is -1.39. The molecule has 0 atom stereocenters. The summed E-state index contributed by atoms with van der Waals surface area (Å²) < 4.78 is 0. The van der Waals surface area contributed by atoms with Crippen LogP contribution in [0.3, 0.4) is 0 Å². The van der Waals surface area contributed by atoms with Gasteiger partial charge in [-0.1, -0.05) is 44.2 Å². The van der Waals surface area contributed by atoms with Gasteiger partial charge in [0.15, 0.2) is 0 Å². The molecule has 3 nitrogen and oxygen atoms in total. The van der Waals surface area contributed by atoms with E-state index >= 15 is 0 Å². The molecule has 0 saturated carbocycles. The average molecular weight is 287 g/mol. The minimum Gasteiger partial charge on any atom is -0.303 e. The van der Waals surface area contributed by atoms with Crippen molar-refractivity contribution in [1.29, 1.82) is 0 Å². The molecule has 0 saturated heterocycles. The van der Waals surface area contributed by atoms with Crippen LogP contribution in [0.15, 0.2) is 47.5 Å². The van der Waals surface area contributed by atoms with Gasteiger partial charge in [-0.15, -0.1) is 22.0 Å². The summed E-state index contributed by atoms with van der Waals surface area (Å²) in [5, 5.41) is 9.60. The molecule has 1 aromatic carbocycles. The van der Waals surface area contributed by atoms with Crippen molar-refractivity contribution in [3.05, 3.63) is 42.5 Å². The van der Waals surface area contributed by atoms with Gasteiger partial charge >= 0.3 is 0 Å². The van der Waals surface area contributed by atoms with Crippen LogP contribution in [0.2, 0.25) is 0 Å². The first kappa shape index (κ1) is 15.0. The molecule has 0 aliphatic carbocycles. The fourth-order valence-corrected chi connectivity index (χ4v) is 2.80. The zero-order valence-corrected chi connectivity index (χ0v) is 12.9. The van der Waals surface area contributed by atoms with Gasteiger partial charge in [-0.3, -0.25) is 0 Å². The highest BCUT2D eigenvalue weighted by Crippen LogP contribution is 2.19. The molecule has 0 radical (unpaired) electrons. The lowest BCUT2D eigenvalue weighted by Crippen LogP contribution is -2.25. The van der Waals surface area contributed by atoms with Gasteiger partial charge in [-0.05, 0) is 25.2 Å². The molecule has 2 aromatic rings. The molecule has 0 fully saturated rings. The van der Waals surface area contributed by atoms with Crippen LogP contribution in [-0.2, 0) is 0 Å². The molecular formula is C16H21N3S. The second kappa shape index (κ2) is 8.02. The summed E-state index contributed by atoms with van der Waals surface area (Å²) in [7, 11) is 0. The summed E-state index contributed by atoms with van der Waals surface area (Å²) in [5.74, 6) is 1.06. The summed E-state index contributed by atoms with van der Waals surface area (Å²) in [6.07, 6.45) is 0. The number of nitrogens with zero attached hydrogens (tertiary/aromatic N) is 3. The number of rotatable bonds is 7. The molecule has 1 aromatic heterocycles. The molecule has 0 aliphatic heterocycles. The highest BCUT2D eigenvalue weighted by Gasteiger charge is 2.03. The van der Waals surface area contributed by atoms with Gasteiger partial charge in [0.2, 0.25) is 0 Å². The largest absolute Gasteiger partial charge is 0.303 e. The summed E-state index contributed by atoms with van der Waals surface area (Å²) in [6.45, 7) is 7.70. The van der Waals surface area contributed by atoms with E-state index in [1.165, 1.54) is 0 Å². The predicted molar refractivity (Wildman–Crippen MR) is 86.0 cm³/mol. The molecule has 106 valence electrons. The van der Waals surface area contributed by atoms with Crippen LogP contribution in [0.5, 0.6) is 0 Å². The van der Waals surface area contributed by atoms with Crippen molar-refractivity contribution in [2.45, 2.75) is 18.9 Å². The van der Waals surface area contributed by atoms with Crippen LogP contribution >= 0.6 is 11.8 Å². The Morgan fingerprint density at radius 1 is 0.950 bits per heavy atom. The third kappa shape index (κ3) is 4.32. The Kier molecular flexibility index (Phi) is 6.02. The number of hydrogen-bond donors (Lipinski definition) is 0. The van der Waals surface area contributed by atoms with Gasteiger partial charge in [-0.2, -0.15) is 0 Å². The quantitative estimate of drug-likeness (QED) is 0.728. The molecule has 0 unspecified atom stereocenters. The van der Waals surface area contributed by atoms with Gasteiger partial charge < -0.3 is 4.90 Å². The first-order valence-electron chi connectivity index (χ1n) is 7.07. The molecule has 4 heteroatoms. The SMILES string of the molecule is CCN(CC)CCSc1ccc(-c2ccccc2)nn1. The smallest absolute Gasteiger partial charge is 0.119 e. The standard InChI is InChI=1S/C16H21N3S/c1-3-19(4-2)12-13-20-16-11-10-15(17-18-16)14-8-6-5-7-9-14/h5-11H,3-4,12-13H2,1-2H3. The molecular weight excluding hydrogens is 266 g/mol. The molecule has 2 rings (SSSR count). The number of benzene rings is 1. The Morgan fingerprint density at radius 3 is 2.30 bits per heavy atom. The Morgan fingerprint density at radius 2 is 1.70 bits per heavy atom. The summed E-state index contributed by atoms with van der Waals surface area (Å²) >= 11 is 1.77. The van der Waals surface area contributed by atoms with E-state index in [9.17, 15) is 0 Å². The summed E-state index contributed by atoms with van der Waals surface area (Å²) in [6, 6.07) is 14.3. The van der Waals surface area contributed by atoms with Crippen molar-refractivity contribution in [3.63, 3.8) is 0 Å². The van der Waals surface area contributed by atoms with E-state index in [0.29, 0.717) is 0 Å². The van der Waals surface area contributed by atoms with Crippen molar-refractivity contribution < 1.29 is 0 Å². The van der Waals surface area contributed by atoms with E-state index in [1.807, 2.05) is 24.3 Å². The average Bonchev–Trinajstić information content (AvgIpc) is 2.53. The minimum absolute atomic E-state index is 0.929. The van der Waals surface area contributed by atoms with Crippen LogP contribution < -0.4 is 0 Å². The Balaban J connectivity index is 1.89. The van der Waals surface area contributed by atoms with Crippen LogP contribution in [0.25, 0.3) is 11.3 Å². The highest BCUT2D eigenvalue weighted by molar-refractivity contribution is 7.99. The van der Waals surface area contributed by atoms with Crippen molar-refractivity contribution >= 4 is 11.8 Å². The maximum atomic E-state index is 4.30. The van der Waals surface area contributed by atoms with Crippen LogP contribution in [0, 0.1) is 0 Å². The second-order valence-corrected chi connectivity index (χ2v) is 5.61. The van der Waals surface area contributed by atoms with E-state index in [4.69, 9.17) is 0 Å². The van der Waals surface area contributed by atoms with Crippen molar-refractivity contribution in [2.24, 2.45) is 0 Å². The Labute approximate surface area is 125 Å². The zero-order valence-electron chi connectivity index (χ0n) is 12.1. The normalized spacial score (nSPS) is 10.9. The van der Waals surface area contributed by atoms with E-state index in [-0.39, 0.29) is 0 Å². The lowest BCUT2D eigenvalue weighted by atomic mass is 10.1. The van der Waals surface area contributed by atoms with E-state index < -0.39 is 0 Å². The molecule has 0 bridgehead atoms. The predicted octanol–water partition coefficient (Wildman–Crippen LogP) is 3.58. The highest BCUT2D eigenvalue weighted by atomic mass is 32.2. The van der Waals surface area contributed by atoms with E-state index in [1.54, 1.807) is 11.8 Å². The molecule has 20 heavy (non-hydrogen) atoms. The summed E-state index contributed by atoms with van der Waals surface area (Å²) in [5.41, 5.74) is 2.04. The van der Waals surface area contributed by atoms with Gasteiger partial charge in [0.25, 0.3) is 0 Å². The molecule has 0 aliphatic rings. The van der Waals surface area contributed by atoms with Gasteiger partial charge in [0.05, 0.1) is 5.69 Å². The fourth-order valence-electron chi connectivity index (χ4n) is 1.98. The maximum absolute atomic E-state index is 4.30. The van der Waals surface area contributed by atoms with Gasteiger partial charge in [-0.25, -0.2) is 0 Å². The topological polar surface area (TPSA) is 29.0 Å². The van der Waals surface area contributed by atoms with Crippen LogP contribution in [0.1, 0.15) is 13.8 Å².